The highest BCUT2D eigenvalue weighted by Crippen LogP contribution is 2.33. The highest BCUT2D eigenvalue weighted by molar-refractivity contribution is 7.39. The van der Waals surface area contributed by atoms with Crippen molar-refractivity contribution < 1.29 is 65.8 Å². The molecule has 0 heterocycles. The molecule has 0 radical (unpaired) electrons. The molecule has 0 bridgehead atoms. The lowest BCUT2D eigenvalue weighted by Crippen LogP contribution is -2.38. The number of hydrogen-bond donors (Lipinski definition) is 0. The van der Waals surface area contributed by atoms with Crippen molar-refractivity contribution in [3.63, 3.8) is 0 Å². The first-order chi connectivity index (χ1) is 26.6. The monoisotopic (exact) mass is 818 g/mol. The maximum absolute atomic E-state index is 13.1. The van der Waals surface area contributed by atoms with Crippen molar-refractivity contribution >= 4 is 39.9 Å². The number of carbonyl (C=O) groups is 4. The van der Waals surface area contributed by atoms with Crippen LogP contribution in [0.25, 0.3) is 0 Å². The molecule has 0 aliphatic heterocycles. The molecule has 16 heteroatoms. The van der Waals surface area contributed by atoms with E-state index in [2.05, 4.69) is 0 Å². The van der Waals surface area contributed by atoms with Crippen LogP contribution in [-0.4, -0.2) is 85.4 Å². The van der Waals surface area contributed by atoms with Gasteiger partial charge in [0.15, 0.2) is 24.5 Å². The molecule has 0 aromatic carbocycles. The molecule has 0 aromatic rings. The van der Waals surface area contributed by atoms with E-state index < -0.39 is 64.7 Å². The summed E-state index contributed by atoms with van der Waals surface area (Å²) < 4.78 is 71.0. The average Bonchev–Trinajstić information content (AvgIpc) is 3.18. The van der Waals surface area contributed by atoms with E-state index >= 15 is 0 Å². The first-order valence-corrected chi connectivity index (χ1v) is 23.7. The van der Waals surface area contributed by atoms with Gasteiger partial charge in [-0.2, -0.15) is 0 Å². The zero-order valence-electron chi connectivity index (χ0n) is 32.9. The predicted octanol–water partition coefficient (Wildman–Crippen LogP) is 8.64. The smallest absolute Gasteiger partial charge is 0.460 e. The van der Waals surface area contributed by atoms with Crippen LogP contribution in [0.5, 0.6) is 0 Å². The van der Waals surface area contributed by atoms with E-state index in [-0.39, 0.29) is 36.7 Å². The van der Waals surface area contributed by atoms with E-state index in [1.807, 2.05) is 0 Å². The highest BCUT2D eigenvalue weighted by atomic mass is 31.1. The Morgan fingerprint density at radius 2 is 0.709 bits per heavy atom. The normalized spacial score (nSPS) is 22.1. The predicted molar refractivity (Wildman–Crippen MR) is 201 cm³/mol. The summed E-state index contributed by atoms with van der Waals surface area (Å²) in [6.07, 6.45) is 12.9. The van der Waals surface area contributed by atoms with Crippen molar-refractivity contribution in [1.82, 2.24) is 0 Å². The lowest BCUT2D eigenvalue weighted by atomic mass is 9.98. The minimum Gasteiger partial charge on any atom is -0.460 e. The summed E-state index contributed by atoms with van der Waals surface area (Å²) in [6, 6.07) is 0. The topological polar surface area (TPSA) is 176 Å². The van der Waals surface area contributed by atoms with Crippen LogP contribution in [0, 0.1) is 0 Å². The fraction of sp³-hybridized carbons (Fsp3) is 0.897. The van der Waals surface area contributed by atoms with Crippen molar-refractivity contribution in [3.05, 3.63) is 0 Å². The van der Waals surface area contributed by atoms with Crippen molar-refractivity contribution in [2.75, 3.05) is 12.3 Å². The molecule has 4 fully saturated rings. The Morgan fingerprint density at radius 3 is 1.00 bits per heavy atom. The molecule has 14 nitrogen and oxygen atoms in total. The molecular formula is C39H64O14P2+2. The molecule has 4 aliphatic carbocycles. The van der Waals surface area contributed by atoms with Gasteiger partial charge in [0.05, 0.1) is 0 Å². The molecule has 0 aromatic heterocycles. The zero-order chi connectivity index (χ0) is 39.4. The van der Waals surface area contributed by atoms with Gasteiger partial charge in [0, 0.05) is 0 Å². The van der Waals surface area contributed by atoms with Crippen molar-refractivity contribution in [2.45, 2.75) is 211 Å². The maximum atomic E-state index is 13.1. The number of rotatable bonds is 22. The molecule has 0 spiro atoms. The van der Waals surface area contributed by atoms with Gasteiger partial charge >= 0.3 is 52.5 Å². The van der Waals surface area contributed by atoms with Crippen molar-refractivity contribution in [2.24, 2.45) is 0 Å². The van der Waals surface area contributed by atoms with E-state index in [1.54, 1.807) is 0 Å². The molecule has 0 N–H and O–H groups in total. The first kappa shape index (κ1) is 45.6. The maximum Gasteiger partial charge on any atom is 0.511 e. The second-order valence-corrected chi connectivity index (χ2v) is 18.0. The minimum absolute atomic E-state index is 0.0739. The Hall–Kier alpha value is -2.08. The Labute approximate surface area is 328 Å². The Morgan fingerprint density at radius 1 is 0.436 bits per heavy atom. The molecule has 312 valence electrons. The van der Waals surface area contributed by atoms with Crippen LogP contribution in [0.1, 0.15) is 162 Å². The van der Waals surface area contributed by atoms with Crippen molar-refractivity contribution in [1.29, 1.82) is 0 Å². The first-order valence-electron chi connectivity index (χ1n) is 20.9. The minimum atomic E-state index is -2.39. The van der Waals surface area contributed by atoms with E-state index in [9.17, 15) is 28.3 Å². The largest absolute Gasteiger partial charge is 0.511 e. The summed E-state index contributed by atoms with van der Waals surface area (Å²) >= 11 is 0. The van der Waals surface area contributed by atoms with E-state index in [4.69, 9.17) is 37.5 Å². The van der Waals surface area contributed by atoms with Gasteiger partial charge in [0.25, 0.3) is 0 Å². The third kappa shape index (κ3) is 17.5. The Balaban J connectivity index is 1.22. The fourth-order valence-corrected chi connectivity index (χ4v) is 9.27. The Kier molecular flexibility index (Phi) is 21.0. The van der Waals surface area contributed by atoms with Crippen LogP contribution < -0.4 is 0 Å². The van der Waals surface area contributed by atoms with Gasteiger partial charge in [0.1, 0.15) is 24.4 Å². The number of unbranched alkanes of at least 4 members (excludes halogenated alkanes) is 2. The molecule has 6 atom stereocenters. The van der Waals surface area contributed by atoms with Crippen LogP contribution in [0.15, 0.2) is 0 Å². The van der Waals surface area contributed by atoms with Gasteiger partial charge in [-0.25, -0.2) is 19.2 Å². The van der Waals surface area contributed by atoms with E-state index in [0.29, 0.717) is 19.3 Å². The van der Waals surface area contributed by atoms with Crippen LogP contribution in [0.4, 0.5) is 0 Å². The summed E-state index contributed by atoms with van der Waals surface area (Å²) in [5.74, 6) is -2.86. The molecule has 6 unspecified atom stereocenters. The molecule has 4 rings (SSSR count). The fourth-order valence-electron chi connectivity index (χ4n) is 7.40. The van der Waals surface area contributed by atoms with Crippen LogP contribution in [-0.2, 0) is 65.8 Å². The lowest BCUT2D eigenvalue weighted by Gasteiger charge is -2.25. The number of ether oxygens (including phenoxy) is 6. The van der Waals surface area contributed by atoms with Gasteiger partial charge in [0.2, 0.25) is 0 Å². The quantitative estimate of drug-likeness (QED) is 0.0333. The van der Waals surface area contributed by atoms with E-state index in [1.165, 1.54) is 13.8 Å². The number of hydrogen-bond acceptors (Lipinski definition) is 14. The Bertz CT molecular complexity index is 1130. The van der Waals surface area contributed by atoms with Gasteiger partial charge in [-0.3, -0.25) is 0 Å². The number of carbonyl (C=O) groups excluding carboxylic acids is 4. The second kappa shape index (κ2) is 25.3. The van der Waals surface area contributed by atoms with Gasteiger partial charge in [-0.15, -0.1) is 9.05 Å². The van der Waals surface area contributed by atoms with Gasteiger partial charge in [-0.1, -0.05) is 25.7 Å². The molecule has 4 aliphatic rings. The van der Waals surface area contributed by atoms with Crippen LogP contribution in [0.2, 0.25) is 0 Å². The van der Waals surface area contributed by atoms with Gasteiger partial charge < -0.3 is 28.4 Å². The van der Waals surface area contributed by atoms with Crippen LogP contribution in [0.3, 0.4) is 0 Å². The molecule has 4 saturated carbocycles. The molecular weight excluding hydrogens is 754 g/mol. The third-order valence-electron chi connectivity index (χ3n) is 10.7. The SMILES string of the molecule is CC(OC(O[P+](=O)CCCCC[P+](=O)OC(OC(C)C(=O)OC1CCCCC1)C(=O)OC1CCCCC1)C(=O)OC1CCCCC1)C(=O)OC1CCCCC1. The standard InChI is InChI=1S/C39H64O14P2/c1-28(34(40)48-30-18-8-3-9-19-30)46-38(36(42)50-32-22-12-5-13-23-32)52-54(44)26-16-7-17-27-55(45)53-39(37(43)51-33-24-14-6-15-25-33)47-29(2)35(41)49-31-20-10-4-11-21-31/h28-33,38-39H,3-27H2,1-2H3/q+2. The summed E-state index contributed by atoms with van der Waals surface area (Å²) in [7, 11) is -4.77. The second-order valence-electron chi connectivity index (χ2n) is 15.4. The molecule has 55 heavy (non-hydrogen) atoms. The van der Waals surface area contributed by atoms with Crippen LogP contribution >= 0.6 is 16.1 Å². The van der Waals surface area contributed by atoms with E-state index in [0.717, 1.165) is 128 Å². The van der Waals surface area contributed by atoms with Crippen molar-refractivity contribution in [3.8, 4) is 0 Å². The molecule has 0 amide bonds. The highest BCUT2D eigenvalue weighted by Gasteiger charge is 2.40. The zero-order valence-corrected chi connectivity index (χ0v) is 34.7. The summed E-state index contributed by atoms with van der Waals surface area (Å²) in [4.78, 5) is 51.8. The lowest BCUT2D eigenvalue weighted by molar-refractivity contribution is -0.199. The van der Waals surface area contributed by atoms with Gasteiger partial charge in [-0.05, 0) is 145 Å². The summed E-state index contributed by atoms with van der Waals surface area (Å²) in [6.45, 7) is 2.95. The summed E-state index contributed by atoms with van der Waals surface area (Å²) in [5, 5.41) is 0. The number of esters is 4. The summed E-state index contributed by atoms with van der Waals surface area (Å²) in [5.41, 5.74) is 0. The third-order valence-corrected chi connectivity index (χ3v) is 12.9. The average molecular weight is 819 g/mol. The molecule has 0 saturated heterocycles.